The minimum atomic E-state index is -0.174. The Morgan fingerprint density at radius 3 is 2.86 bits per heavy atom. The minimum absolute atomic E-state index is 0. The van der Waals surface area contributed by atoms with E-state index in [1.807, 2.05) is 0 Å². The number of anilines is 1. The van der Waals surface area contributed by atoms with Gasteiger partial charge in [-0.15, -0.1) is 12.4 Å². The molecular formula is C8H13ClN4O. The topological polar surface area (TPSA) is 75.0 Å². The third-order valence-electron chi connectivity index (χ3n) is 2.21. The number of H-pyrrole nitrogens is 1. The van der Waals surface area contributed by atoms with Gasteiger partial charge in [0.25, 0.3) is 5.56 Å². The van der Waals surface area contributed by atoms with E-state index in [0.717, 1.165) is 25.3 Å². The largest absolute Gasteiger partial charge is 0.354 e. The first-order valence-electron chi connectivity index (χ1n) is 4.32. The number of hydrogen-bond acceptors (Lipinski definition) is 4. The average molecular weight is 217 g/mol. The lowest BCUT2D eigenvalue weighted by molar-refractivity contribution is 0.750. The molecule has 6 heteroatoms. The number of nitrogens with two attached hydrogens (primary N) is 1. The minimum Gasteiger partial charge on any atom is -0.354 e. The summed E-state index contributed by atoms with van der Waals surface area (Å²) in [5, 5.41) is 6.33. The van der Waals surface area contributed by atoms with E-state index in [-0.39, 0.29) is 24.0 Å². The molecule has 1 aliphatic rings. The zero-order chi connectivity index (χ0) is 9.26. The molecule has 0 amide bonds. The molecule has 1 aromatic heterocycles. The van der Waals surface area contributed by atoms with Crippen LogP contribution in [0.5, 0.6) is 0 Å². The van der Waals surface area contributed by atoms with E-state index >= 15 is 0 Å². The van der Waals surface area contributed by atoms with E-state index in [4.69, 9.17) is 5.73 Å². The summed E-state index contributed by atoms with van der Waals surface area (Å²) in [6, 6.07) is 3.43. The number of nitrogens with zero attached hydrogens (tertiary/aromatic N) is 2. The van der Waals surface area contributed by atoms with Crippen molar-refractivity contribution in [3.05, 3.63) is 22.5 Å². The zero-order valence-corrected chi connectivity index (χ0v) is 8.46. The molecule has 1 fully saturated rings. The van der Waals surface area contributed by atoms with Gasteiger partial charge < -0.3 is 10.6 Å². The zero-order valence-electron chi connectivity index (χ0n) is 7.64. The van der Waals surface area contributed by atoms with E-state index in [1.54, 1.807) is 6.07 Å². The Balaban J connectivity index is 0.000000980. The van der Waals surface area contributed by atoms with E-state index in [0.29, 0.717) is 0 Å². The molecule has 0 radical (unpaired) electrons. The van der Waals surface area contributed by atoms with Crippen molar-refractivity contribution in [3.63, 3.8) is 0 Å². The summed E-state index contributed by atoms with van der Waals surface area (Å²) in [6.45, 7) is 1.74. The summed E-state index contributed by atoms with van der Waals surface area (Å²) in [7, 11) is 0. The third-order valence-corrected chi connectivity index (χ3v) is 2.21. The van der Waals surface area contributed by atoms with E-state index in [9.17, 15) is 4.79 Å². The molecule has 1 saturated heterocycles. The first kappa shape index (κ1) is 11.0. The number of nitrogens with one attached hydrogen (secondary N) is 1. The lowest BCUT2D eigenvalue weighted by atomic mass is 10.3. The molecule has 1 aromatic rings. The van der Waals surface area contributed by atoms with Crippen LogP contribution in [0, 0.1) is 0 Å². The monoisotopic (exact) mass is 216 g/mol. The maximum absolute atomic E-state index is 10.7. The second-order valence-electron chi connectivity index (χ2n) is 3.27. The van der Waals surface area contributed by atoms with Crippen LogP contribution in [0.3, 0.4) is 0 Å². The second kappa shape index (κ2) is 4.43. The Morgan fingerprint density at radius 1 is 1.57 bits per heavy atom. The van der Waals surface area contributed by atoms with Gasteiger partial charge in [-0.1, -0.05) is 0 Å². The maximum Gasteiger partial charge on any atom is 0.264 e. The summed E-state index contributed by atoms with van der Waals surface area (Å²) < 4.78 is 0. The van der Waals surface area contributed by atoms with Gasteiger partial charge in [0.1, 0.15) is 5.82 Å². The Labute approximate surface area is 87.7 Å². The van der Waals surface area contributed by atoms with Gasteiger partial charge in [-0.3, -0.25) is 4.79 Å². The van der Waals surface area contributed by atoms with Crippen LogP contribution < -0.4 is 16.2 Å². The summed E-state index contributed by atoms with van der Waals surface area (Å²) in [6.07, 6.45) is 0.987. The van der Waals surface area contributed by atoms with Crippen molar-refractivity contribution in [1.29, 1.82) is 0 Å². The predicted molar refractivity (Wildman–Crippen MR) is 56.9 cm³/mol. The SMILES string of the molecule is Cl.NC1CCN(c2ccc(=O)[nH]n2)C1. The summed E-state index contributed by atoms with van der Waals surface area (Å²) in [5.74, 6) is 0.799. The van der Waals surface area contributed by atoms with Crippen LogP contribution in [-0.4, -0.2) is 29.3 Å². The van der Waals surface area contributed by atoms with Crippen LogP contribution in [0.25, 0.3) is 0 Å². The van der Waals surface area contributed by atoms with Gasteiger partial charge in [-0.05, 0) is 12.5 Å². The summed E-state index contributed by atoms with van der Waals surface area (Å²) >= 11 is 0. The molecule has 0 aromatic carbocycles. The second-order valence-corrected chi connectivity index (χ2v) is 3.27. The quantitative estimate of drug-likeness (QED) is 0.678. The number of aromatic amines is 1. The molecule has 0 saturated carbocycles. The molecule has 3 N–H and O–H groups in total. The fourth-order valence-electron chi connectivity index (χ4n) is 1.51. The molecule has 0 aliphatic carbocycles. The Morgan fingerprint density at radius 2 is 2.36 bits per heavy atom. The molecule has 0 spiro atoms. The molecule has 0 bridgehead atoms. The smallest absolute Gasteiger partial charge is 0.264 e. The van der Waals surface area contributed by atoms with Crippen molar-refractivity contribution in [1.82, 2.24) is 10.2 Å². The van der Waals surface area contributed by atoms with E-state index in [2.05, 4.69) is 15.1 Å². The van der Waals surface area contributed by atoms with Crippen LogP contribution in [0.4, 0.5) is 5.82 Å². The van der Waals surface area contributed by atoms with Crippen molar-refractivity contribution >= 4 is 18.2 Å². The van der Waals surface area contributed by atoms with Gasteiger partial charge >= 0.3 is 0 Å². The molecule has 1 atom stereocenters. The van der Waals surface area contributed by atoms with Crippen LogP contribution >= 0.6 is 12.4 Å². The Kier molecular flexibility index (Phi) is 3.49. The first-order chi connectivity index (χ1) is 6.25. The molecule has 2 heterocycles. The number of aromatic nitrogens is 2. The first-order valence-corrected chi connectivity index (χ1v) is 4.32. The van der Waals surface area contributed by atoms with Crippen molar-refractivity contribution in [2.75, 3.05) is 18.0 Å². The van der Waals surface area contributed by atoms with Crippen molar-refractivity contribution < 1.29 is 0 Å². The maximum atomic E-state index is 10.7. The highest BCUT2D eigenvalue weighted by Crippen LogP contribution is 2.14. The lowest BCUT2D eigenvalue weighted by Gasteiger charge is -2.15. The van der Waals surface area contributed by atoms with Crippen LogP contribution in [0.15, 0.2) is 16.9 Å². The van der Waals surface area contributed by atoms with Gasteiger partial charge in [0.15, 0.2) is 0 Å². The third kappa shape index (κ3) is 2.24. The van der Waals surface area contributed by atoms with Crippen LogP contribution in [-0.2, 0) is 0 Å². The van der Waals surface area contributed by atoms with Gasteiger partial charge in [-0.2, -0.15) is 5.10 Å². The Bertz CT molecular complexity index is 333. The Hall–Kier alpha value is -1.07. The molecular weight excluding hydrogens is 204 g/mol. The normalized spacial score (nSPS) is 20.6. The highest BCUT2D eigenvalue weighted by Gasteiger charge is 2.19. The van der Waals surface area contributed by atoms with Gasteiger partial charge in [0.05, 0.1) is 0 Å². The summed E-state index contributed by atoms with van der Waals surface area (Å²) in [4.78, 5) is 12.8. The number of halogens is 1. The molecule has 5 nitrogen and oxygen atoms in total. The van der Waals surface area contributed by atoms with Crippen molar-refractivity contribution in [2.45, 2.75) is 12.5 Å². The fourth-order valence-corrected chi connectivity index (χ4v) is 1.51. The van der Waals surface area contributed by atoms with Crippen LogP contribution in [0.1, 0.15) is 6.42 Å². The molecule has 2 rings (SSSR count). The number of rotatable bonds is 1. The molecule has 1 aliphatic heterocycles. The van der Waals surface area contributed by atoms with Crippen molar-refractivity contribution in [3.8, 4) is 0 Å². The summed E-state index contributed by atoms with van der Waals surface area (Å²) in [5.41, 5.74) is 5.58. The molecule has 1 unspecified atom stereocenters. The molecule has 78 valence electrons. The van der Waals surface area contributed by atoms with Gasteiger partial charge in [0, 0.05) is 25.2 Å². The lowest BCUT2D eigenvalue weighted by Crippen LogP contribution is -2.27. The highest BCUT2D eigenvalue weighted by molar-refractivity contribution is 5.85. The van der Waals surface area contributed by atoms with Gasteiger partial charge in [-0.25, -0.2) is 5.10 Å². The standard InChI is InChI=1S/C8H12N4O.ClH/c9-6-3-4-12(5-6)7-1-2-8(13)11-10-7;/h1-2,6H,3-5,9H2,(H,11,13);1H. The highest BCUT2D eigenvalue weighted by atomic mass is 35.5. The van der Waals surface area contributed by atoms with E-state index < -0.39 is 0 Å². The van der Waals surface area contributed by atoms with Crippen LogP contribution in [0.2, 0.25) is 0 Å². The molecule has 14 heavy (non-hydrogen) atoms. The number of hydrogen-bond donors (Lipinski definition) is 2. The van der Waals surface area contributed by atoms with Crippen molar-refractivity contribution in [2.24, 2.45) is 5.73 Å². The average Bonchev–Trinajstić information content (AvgIpc) is 2.53. The fraction of sp³-hybridized carbons (Fsp3) is 0.500. The van der Waals surface area contributed by atoms with Gasteiger partial charge in [0.2, 0.25) is 0 Å². The predicted octanol–water partition coefficient (Wildman–Crippen LogP) is -0.271. The van der Waals surface area contributed by atoms with E-state index in [1.165, 1.54) is 6.07 Å².